The summed E-state index contributed by atoms with van der Waals surface area (Å²) in [5, 5.41) is 12.0. The van der Waals surface area contributed by atoms with Crippen molar-refractivity contribution in [3.8, 4) is 0 Å². The van der Waals surface area contributed by atoms with Gasteiger partial charge in [0.2, 0.25) is 0 Å². The number of rotatable bonds is 4. The average molecular weight is 222 g/mol. The Hall–Kier alpha value is -1.62. The fourth-order valence-corrected chi connectivity index (χ4v) is 1.66. The van der Waals surface area contributed by atoms with Crippen LogP contribution in [0.25, 0.3) is 0 Å². The second kappa shape index (κ2) is 4.94. The molecule has 2 rings (SSSR count). The summed E-state index contributed by atoms with van der Waals surface area (Å²) in [4.78, 5) is 14.5. The molecule has 5 heteroatoms. The number of carbonyl (C=O) groups is 1. The molecule has 0 spiro atoms. The molecule has 1 aliphatic rings. The zero-order valence-corrected chi connectivity index (χ0v) is 8.85. The lowest BCUT2D eigenvalue weighted by molar-refractivity contribution is 0.0690. The Balaban J connectivity index is 1.93. The fraction of sp³-hybridized carbons (Fsp3) is 0.455. The number of aromatic nitrogens is 1. The minimum atomic E-state index is -1.01. The molecule has 1 unspecified atom stereocenters. The van der Waals surface area contributed by atoms with Crippen molar-refractivity contribution in [3.63, 3.8) is 0 Å². The van der Waals surface area contributed by atoms with Crippen molar-refractivity contribution in [2.45, 2.75) is 6.42 Å². The molecule has 0 aliphatic carbocycles. The molecule has 1 fully saturated rings. The van der Waals surface area contributed by atoms with E-state index in [0.717, 1.165) is 31.9 Å². The summed E-state index contributed by atoms with van der Waals surface area (Å²) >= 11 is 0. The van der Waals surface area contributed by atoms with Gasteiger partial charge in [-0.05, 0) is 18.6 Å². The number of anilines is 1. The molecule has 86 valence electrons. The SMILES string of the molecule is O=C(O)c1cc(NCC2CCOC2)ccn1. The minimum absolute atomic E-state index is 0.0627. The van der Waals surface area contributed by atoms with Crippen molar-refractivity contribution >= 4 is 11.7 Å². The first-order valence-corrected chi connectivity index (χ1v) is 5.26. The zero-order valence-electron chi connectivity index (χ0n) is 8.85. The number of ether oxygens (including phenoxy) is 1. The third-order valence-electron chi connectivity index (χ3n) is 2.60. The maximum Gasteiger partial charge on any atom is 0.354 e. The molecule has 2 heterocycles. The van der Waals surface area contributed by atoms with Crippen LogP contribution in [0.2, 0.25) is 0 Å². The van der Waals surface area contributed by atoms with E-state index < -0.39 is 5.97 Å². The molecule has 0 aromatic carbocycles. The Morgan fingerprint density at radius 1 is 1.69 bits per heavy atom. The number of carboxylic acids is 1. The number of pyridine rings is 1. The Morgan fingerprint density at radius 3 is 3.25 bits per heavy atom. The summed E-state index contributed by atoms with van der Waals surface area (Å²) in [5.74, 6) is -0.491. The second-order valence-electron chi connectivity index (χ2n) is 3.85. The first-order valence-electron chi connectivity index (χ1n) is 5.26. The van der Waals surface area contributed by atoms with Crippen LogP contribution in [-0.4, -0.2) is 35.8 Å². The van der Waals surface area contributed by atoms with Crippen molar-refractivity contribution < 1.29 is 14.6 Å². The molecule has 1 saturated heterocycles. The molecule has 1 aromatic heterocycles. The van der Waals surface area contributed by atoms with Gasteiger partial charge < -0.3 is 15.2 Å². The highest BCUT2D eigenvalue weighted by Crippen LogP contribution is 2.14. The third kappa shape index (κ3) is 2.70. The lowest BCUT2D eigenvalue weighted by Gasteiger charge is -2.10. The highest BCUT2D eigenvalue weighted by atomic mass is 16.5. The van der Waals surface area contributed by atoms with Crippen LogP contribution in [0.1, 0.15) is 16.9 Å². The van der Waals surface area contributed by atoms with Gasteiger partial charge in [0.05, 0.1) is 6.61 Å². The van der Waals surface area contributed by atoms with Crippen molar-refractivity contribution in [1.82, 2.24) is 4.98 Å². The quantitative estimate of drug-likeness (QED) is 0.801. The molecule has 1 atom stereocenters. The molecule has 1 aliphatic heterocycles. The number of nitrogens with one attached hydrogen (secondary N) is 1. The molecule has 0 saturated carbocycles. The molecular formula is C11H14N2O3. The van der Waals surface area contributed by atoms with E-state index >= 15 is 0 Å². The van der Waals surface area contributed by atoms with E-state index in [9.17, 15) is 4.79 Å². The molecule has 0 amide bonds. The van der Waals surface area contributed by atoms with Gasteiger partial charge >= 0.3 is 5.97 Å². The molecule has 5 nitrogen and oxygen atoms in total. The maximum atomic E-state index is 10.7. The summed E-state index contributed by atoms with van der Waals surface area (Å²) in [5.41, 5.74) is 0.854. The first-order chi connectivity index (χ1) is 7.75. The summed E-state index contributed by atoms with van der Waals surface area (Å²) in [6.07, 6.45) is 2.56. The van der Waals surface area contributed by atoms with Gasteiger partial charge in [0.1, 0.15) is 5.69 Å². The van der Waals surface area contributed by atoms with E-state index in [2.05, 4.69) is 10.3 Å². The van der Waals surface area contributed by atoms with Crippen molar-refractivity contribution in [3.05, 3.63) is 24.0 Å². The minimum Gasteiger partial charge on any atom is -0.477 e. The highest BCUT2D eigenvalue weighted by molar-refractivity contribution is 5.86. The van der Waals surface area contributed by atoms with E-state index in [1.54, 1.807) is 6.07 Å². The Bertz CT molecular complexity index is 375. The van der Waals surface area contributed by atoms with Crippen LogP contribution in [0.5, 0.6) is 0 Å². The Morgan fingerprint density at radius 2 is 2.56 bits per heavy atom. The van der Waals surface area contributed by atoms with Crippen LogP contribution >= 0.6 is 0 Å². The third-order valence-corrected chi connectivity index (χ3v) is 2.60. The lowest BCUT2D eigenvalue weighted by atomic mass is 10.1. The van der Waals surface area contributed by atoms with Gasteiger partial charge in [-0.2, -0.15) is 0 Å². The van der Waals surface area contributed by atoms with Gasteiger partial charge in [0, 0.05) is 31.0 Å². The first kappa shape index (κ1) is 10.9. The maximum absolute atomic E-state index is 10.7. The predicted octanol–water partition coefficient (Wildman–Crippen LogP) is 1.23. The van der Waals surface area contributed by atoms with Crippen LogP contribution in [-0.2, 0) is 4.74 Å². The lowest BCUT2D eigenvalue weighted by Crippen LogP contribution is -2.14. The summed E-state index contributed by atoms with van der Waals surface area (Å²) in [7, 11) is 0. The monoisotopic (exact) mass is 222 g/mol. The molecule has 0 radical (unpaired) electrons. The smallest absolute Gasteiger partial charge is 0.354 e. The molecule has 2 N–H and O–H groups in total. The van der Waals surface area contributed by atoms with Gasteiger partial charge in [-0.15, -0.1) is 0 Å². The summed E-state index contributed by atoms with van der Waals surface area (Å²) < 4.78 is 5.26. The highest BCUT2D eigenvalue weighted by Gasteiger charge is 2.15. The van der Waals surface area contributed by atoms with E-state index in [0.29, 0.717) is 5.92 Å². The number of aromatic carboxylic acids is 1. The normalized spacial score (nSPS) is 19.6. The average Bonchev–Trinajstić information content (AvgIpc) is 2.79. The van der Waals surface area contributed by atoms with Gasteiger partial charge in [-0.3, -0.25) is 0 Å². The second-order valence-corrected chi connectivity index (χ2v) is 3.85. The fourth-order valence-electron chi connectivity index (χ4n) is 1.66. The van der Waals surface area contributed by atoms with Crippen LogP contribution in [0.3, 0.4) is 0 Å². The van der Waals surface area contributed by atoms with Gasteiger partial charge in [0.15, 0.2) is 0 Å². The largest absolute Gasteiger partial charge is 0.477 e. The van der Waals surface area contributed by atoms with Crippen LogP contribution in [0, 0.1) is 5.92 Å². The van der Waals surface area contributed by atoms with E-state index in [1.165, 1.54) is 12.3 Å². The van der Waals surface area contributed by atoms with E-state index in [-0.39, 0.29) is 5.69 Å². The van der Waals surface area contributed by atoms with Crippen molar-refractivity contribution in [2.24, 2.45) is 5.92 Å². The molecule has 16 heavy (non-hydrogen) atoms. The van der Waals surface area contributed by atoms with E-state index in [1.807, 2.05) is 0 Å². The van der Waals surface area contributed by atoms with Crippen LogP contribution in [0.4, 0.5) is 5.69 Å². The van der Waals surface area contributed by atoms with Gasteiger partial charge in [-0.25, -0.2) is 9.78 Å². The van der Waals surface area contributed by atoms with Crippen molar-refractivity contribution in [1.29, 1.82) is 0 Å². The number of carboxylic acid groups (broad SMARTS) is 1. The predicted molar refractivity (Wildman–Crippen MR) is 58.6 cm³/mol. The number of nitrogens with zero attached hydrogens (tertiary/aromatic N) is 1. The van der Waals surface area contributed by atoms with Crippen molar-refractivity contribution in [2.75, 3.05) is 25.1 Å². The van der Waals surface area contributed by atoms with Crippen LogP contribution in [0.15, 0.2) is 18.3 Å². The Labute approximate surface area is 93.5 Å². The zero-order chi connectivity index (χ0) is 11.4. The van der Waals surface area contributed by atoms with Gasteiger partial charge in [-0.1, -0.05) is 0 Å². The van der Waals surface area contributed by atoms with Crippen LogP contribution < -0.4 is 5.32 Å². The Kier molecular flexibility index (Phi) is 3.36. The standard InChI is InChI=1S/C11H14N2O3/c14-11(15)10-5-9(1-3-12-10)13-6-8-2-4-16-7-8/h1,3,5,8H,2,4,6-7H2,(H,12,13)(H,14,15). The summed E-state index contributed by atoms with van der Waals surface area (Å²) in [6, 6.07) is 3.31. The van der Waals surface area contributed by atoms with Gasteiger partial charge in [0.25, 0.3) is 0 Å². The molecule has 1 aromatic rings. The molecular weight excluding hydrogens is 208 g/mol. The number of hydrogen-bond acceptors (Lipinski definition) is 4. The summed E-state index contributed by atoms with van der Waals surface area (Å²) in [6.45, 7) is 2.41. The molecule has 0 bridgehead atoms. The van der Waals surface area contributed by atoms with E-state index in [4.69, 9.17) is 9.84 Å². The number of hydrogen-bond donors (Lipinski definition) is 2. The topological polar surface area (TPSA) is 71.5 Å².